The highest BCUT2D eigenvalue weighted by Crippen LogP contribution is 2.21. The molecule has 0 aromatic rings. The molecule has 0 saturated carbocycles. The fourth-order valence-corrected chi connectivity index (χ4v) is 1.97. The van der Waals surface area contributed by atoms with Crippen molar-refractivity contribution in [3.8, 4) is 0 Å². The molecule has 4 heteroatoms. The van der Waals surface area contributed by atoms with Gasteiger partial charge in [-0.3, -0.25) is 0 Å². The molecule has 1 aliphatic heterocycles. The van der Waals surface area contributed by atoms with E-state index in [-0.39, 0.29) is 0 Å². The van der Waals surface area contributed by atoms with E-state index < -0.39 is 0 Å². The van der Waals surface area contributed by atoms with Gasteiger partial charge in [0.25, 0.3) is 0 Å². The molecule has 0 aromatic carbocycles. The first-order valence-electron chi connectivity index (χ1n) is 5.87. The number of nitrogens with zero attached hydrogens (tertiary/aromatic N) is 1. The normalized spacial score (nSPS) is 28.6. The molecule has 0 amide bonds. The molecule has 1 aliphatic rings. The van der Waals surface area contributed by atoms with Gasteiger partial charge >= 0.3 is 0 Å². The van der Waals surface area contributed by atoms with Crippen molar-refractivity contribution in [2.45, 2.75) is 38.0 Å². The van der Waals surface area contributed by atoms with Gasteiger partial charge in [0.2, 0.25) is 0 Å². The van der Waals surface area contributed by atoms with Crippen LogP contribution in [0.2, 0.25) is 0 Å². The summed E-state index contributed by atoms with van der Waals surface area (Å²) >= 11 is 0. The summed E-state index contributed by atoms with van der Waals surface area (Å²) in [6.07, 6.45) is 3.01. The summed E-state index contributed by atoms with van der Waals surface area (Å²) in [5, 5.41) is 3.47. The smallest absolute Gasteiger partial charge is 0.0744 e. The zero-order valence-corrected chi connectivity index (χ0v) is 10.2. The first-order valence-corrected chi connectivity index (χ1v) is 5.87. The van der Waals surface area contributed by atoms with E-state index in [4.69, 9.17) is 10.5 Å². The molecule has 3 unspecified atom stereocenters. The third-order valence-corrected chi connectivity index (χ3v) is 2.93. The number of hydrogen-bond acceptors (Lipinski definition) is 4. The molecular formula is C11H25N3O. The Labute approximate surface area is 93.1 Å². The molecule has 4 nitrogen and oxygen atoms in total. The summed E-state index contributed by atoms with van der Waals surface area (Å²) in [5.41, 5.74) is 5.76. The quantitative estimate of drug-likeness (QED) is 0.656. The minimum absolute atomic E-state index is 0.312. The Morgan fingerprint density at radius 3 is 2.67 bits per heavy atom. The van der Waals surface area contributed by atoms with E-state index in [0.717, 1.165) is 25.9 Å². The number of hydrogen-bond donors (Lipinski definition) is 2. The van der Waals surface area contributed by atoms with Gasteiger partial charge in [-0.2, -0.15) is 0 Å². The van der Waals surface area contributed by atoms with Gasteiger partial charge in [-0.1, -0.05) is 0 Å². The Balaban J connectivity index is 2.23. The van der Waals surface area contributed by atoms with Gasteiger partial charge < -0.3 is 20.7 Å². The molecule has 90 valence electrons. The SMILES string of the molecule is CC1CCC(C(CN)NCCN(C)C)O1. The van der Waals surface area contributed by atoms with Crippen molar-refractivity contribution in [1.82, 2.24) is 10.2 Å². The first kappa shape index (κ1) is 12.9. The number of nitrogens with two attached hydrogens (primary N) is 1. The van der Waals surface area contributed by atoms with Crippen molar-refractivity contribution < 1.29 is 4.74 Å². The topological polar surface area (TPSA) is 50.5 Å². The monoisotopic (exact) mass is 215 g/mol. The minimum atomic E-state index is 0.312. The van der Waals surface area contributed by atoms with Gasteiger partial charge in [-0.25, -0.2) is 0 Å². The third-order valence-electron chi connectivity index (χ3n) is 2.93. The Morgan fingerprint density at radius 2 is 2.20 bits per heavy atom. The predicted molar refractivity (Wildman–Crippen MR) is 63.0 cm³/mol. The number of nitrogens with one attached hydrogen (secondary N) is 1. The lowest BCUT2D eigenvalue weighted by Gasteiger charge is -2.24. The highest BCUT2D eigenvalue weighted by Gasteiger charge is 2.28. The van der Waals surface area contributed by atoms with Crippen molar-refractivity contribution in [1.29, 1.82) is 0 Å². The lowest BCUT2D eigenvalue weighted by atomic mass is 10.1. The Hall–Kier alpha value is -0.160. The molecule has 3 atom stereocenters. The van der Waals surface area contributed by atoms with E-state index >= 15 is 0 Å². The Kier molecular flexibility index (Phi) is 5.53. The molecule has 1 heterocycles. The molecule has 0 aliphatic carbocycles. The largest absolute Gasteiger partial charge is 0.374 e. The van der Waals surface area contributed by atoms with Crippen LogP contribution in [-0.2, 0) is 4.74 Å². The van der Waals surface area contributed by atoms with Gasteiger partial charge in [-0.15, -0.1) is 0 Å². The van der Waals surface area contributed by atoms with Crippen LogP contribution in [0.3, 0.4) is 0 Å². The fraction of sp³-hybridized carbons (Fsp3) is 1.00. The molecule has 1 saturated heterocycles. The molecule has 0 aromatic heterocycles. The van der Waals surface area contributed by atoms with E-state index in [1.54, 1.807) is 0 Å². The van der Waals surface area contributed by atoms with E-state index in [1.807, 2.05) is 0 Å². The van der Waals surface area contributed by atoms with E-state index in [9.17, 15) is 0 Å². The second-order valence-electron chi connectivity index (χ2n) is 4.66. The van der Waals surface area contributed by atoms with E-state index in [2.05, 4.69) is 31.2 Å². The van der Waals surface area contributed by atoms with Crippen LogP contribution in [0.5, 0.6) is 0 Å². The average Bonchev–Trinajstić information content (AvgIpc) is 2.59. The lowest BCUT2D eigenvalue weighted by Crippen LogP contribution is -2.47. The van der Waals surface area contributed by atoms with Crippen LogP contribution in [0.25, 0.3) is 0 Å². The molecule has 0 spiro atoms. The summed E-state index contributed by atoms with van der Waals surface area (Å²) in [6.45, 7) is 4.81. The fourth-order valence-electron chi connectivity index (χ4n) is 1.97. The van der Waals surface area contributed by atoms with Crippen molar-refractivity contribution in [2.24, 2.45) is 5.73 Å². The predicted octanol–water partition coefficient (Wildman–Crippen LogP) is 0.0324. The molecule has 0 radical (unpaired) electrons. The lowest BCUT2D eigenvalue weighted by molar-refractivity contribution is 0.0336. The van der Waals surface area contributed by atoms with Crippen molar-refractivity contribution >= 4 is 0 Å². The zero-order chi connectivity index (χ0) is 11.3. The summed E-state index contributed by atoms with van der Waals surface area (Å²) in [4.78, 5) is 2.17. The molecule has 1 rings (SSSR count). The van der Waals surface area contributed by atoms with Gasteiger partial charge in [0.1, 0.15) is 0 Å². The van der Waals surface area contributed by atoms with Crippen LogP contribution in [0.4, 0.5) is 0 Å². The van der Waals surface area contributed by atoms with Gasteiger partial charge in [0.15, 0.2) is 0 Å². The summed E-state index contributed by atoms with van der Waals surface area (Å²) in [6, 6.07) is 0.315. The second-order valence-corrected chi connectivity index (χ2v) is 4.66. The van der Waals surface area contributed by atoms with Crippen LogP contribution < -0.4 is 11.1 Å². The van der Waals surface area contributed by atoms with Crippen molar-refractivity contribution in [3.63, 3.8) is 0 Å². The Morgan fingerprint density at radius 1 is 1.47 bits per heavy atom. The summed E-state index contributed by atoms with van der Waals surface area (Å²) in [5.74, 6) is 0. The van der Waals surface area contributed by atoms with Crippen LogP contribution in [0.1, 0.15) is 19.8 Å². The van der Waals surface area contributed by atoms with Crippen LogP contribution in [-0.4, -0.2) is 56.9 Å². The molecule has 1 fully saturated rings. The molecule has 0 bridgehead atoms. The Bertz CT molecular complexity index is 175. The van der Waals surface area contributed by atoms with E-state index in [1.165, 1.54) is 0 Å². The number of rotatable bonds is 6. The minimum Gasteiger partial charge on any atom is -0.374 e. The molecule has 15 heavy (non-hydrogen) atoms. The zero-order valence-electron chi connectivity index (χ0n) is 10.2. The summed E-state index contributed by atoms with van der Waals surface area (Å²) in [7, 11) is 4.15. The molecule has 3 N–H and O–H groups in total. The van der Waals surface area contributed by atoms with Gasteiger partial charge in [0.05, 0.1) is 12.2 Å². The van der Waals surface area contributed by atoms with Crippen molar-refractivity contribution in [2.75, 3.05) is 33.7 Å². The molecular weight excluding hydrogens is 190 g/mol. The highest BCUT2D eigenvalue weighted by molar-refractivity contribution is 4.83. The number of likely N-dealkylation sites (N-methyl/N-ethyl adjacent to an activating group) is 1. The van der Waals surface area contributed by atoms with E-state index in [0.29, 0.717) is 24.8 Å². The van der Waals surface area contributed by atoms with Crippen LogP contribution in [0.15, 0.2) is 0 Å². The first-order chi connectivity index (χ1) is 7.13. The van der Waals surface area contributed by atoms with Crippen LogP contribution in [0, 0.1) is 0 Å². The van der Waals surface area contributed by atoms with Crippen LogP contribution >= 0.6 is 0 Å². The average molecular weight is 215 g/mol. The third kappa shape index (κ3) is 4.47. The summed E-state index contributed by atoms with van der Waals surface area (Å²) < 4.78 is 5.82. The maximum absolute atomic E-state index is 5.82. The second kappa shape index (κ2) is 6.43. The number of ether oxygens (including phenoxy) is 1. The maximum atomic E-state index is 5.82. The highest BCUT2D eigenvalue weighted by atomic mass is 16.5. The van der Waals surface area contributed by atoms with Gasteiger partial charge in [-0.05, 0) is 33.9 Å². The van der Waals surface area contributed by atoms with Crippen molar-refractivity contribution in [3.05, 3.63) is 0 Å². The standard InChI is InChI=1S/C11H25N3O/c1-9-4-5-11(15-9)10(8-12)13-6-7-14(2)3/h9-11,13H,4-8,12H2,1-3H3. The maximum Gasteiger partial charge on any atom is 0.0744 e. The van der Waals surface area contributed by atoms with Gasteiger partial charge in [0, 0.05) is 25.7 Å².